The molecule has 0 aromatic carbocycles. The fourth-order valence-corrected chi connectivity index (χ4v) is 2.62. The lowest BCUT2D eigenvalue weighted by Gasteiger charge is -2.25. The van der Waals surface area contributed by atoms with E-state index in [2.05, 4.69) is 4.72 Å². The van der Waals surface area contributed by atoms with Crippen LogP contribution in [0.2, 0.25) is 0 Å². The van der Waals surface area contributed by atoms with Crippen LogP contribution in [-0.4, -0.2) is 38.2 Å². The van der Waals surface area contributed by atoms with E-state index >= 15 is 0 Å². The zero-order valence-corrected chi connectivity index (χ0v) is 8.81. The van der Waals surface area contributed by atoms with Gasteiger partial charge < -0.3 is 5.73 Å². The first-order valence-corrected chi connectivity index (χ1v) is 6.04. The minimum atomic E-state index is -3.42. The van der Waals surface area contributed by atoms with Crippen LogP contribution in [0.4, 0.5) is 0 Å². The number of hydrogen-bond donors (Lipinski definition) is 3. The normalized spacial score (nSPS) is 19.4. The Kier molecular flexibility index (Phi) is 3.85. The maximum Gasteiger partial charge on any atom is 0.279 e. The van der Waals surface area contributed by atoms with E-state index in [0.717, 1.165) is 19.3 Å². The summed E-state index contributed by atoms with van der Waals surface area (Å²) in [6, 6.07) is 0. The summed E-state index contributed by atoms with van der Waals surface area (Å²) >= 11 is 0. The topological polar surface area (TPSA) is 99.3 Å². The summed E-state index contributed by atoms with van der Waals surface area (Å²) in [4.78, 5) is 0. The molecule has 0 aliphatic carbocycles. The van der Waals surface area contributed by atoms with Gasteiger partial charge in [-0.05, 0) is 12.8 Å². The van der Waals surface area contributed by atoms with Crippen LogP contribution >= 0.6 is 0 Å². The van der Waals surface area contributed by atoms with Crippen molar-refractivity contribution in [3.63, 3.8) is 0 Å². The molecule has 1 aliphatic heterocycles. The molecular formula is C7H16N4O2S. The number of nitrogens with two attached hydrogens (primary N) is 1. The van der Waals surface area contributed by atoms with E-state index in [9.17, 15) is 8.42 Å². The average molecular weight is 220 g/mol. The van der Waals surface area contributed by atoms with Gasteiger partial charge in [-0.25, -0.2) is 0 Å². The number of nitrogens with one attached hydrogen (secondary N) is 2. The van der Waals surface area contributed by atoms with Gasteiger partial charge in [0, 0.05) is 13.1 Å². The van der Waals surface area contributed by atoms with Gasteiger partial charge in [0.2, 0.25) is 0 Å². The van der Waals surface area contributed by atoms with E-state index in [4.69, 9.17) is 11.1 Å². The highest BCUT2D eigenvalue weighted by atomic mass is 32.2. The van der Waals surface area contributed by atoms with Crippen LogP contribution in [0.15, 0.2) is 0 Å². The quantitative estimate of drug-likeness (QED) is 0.429. The van der Waals surface area contributed by atoms with E-state index in [-0.39, 0.29) is 12.4 Å². The van der Waals surface area contributed by atoms with Gasteiger partial charge in [0.15, 0.2) is 0 Å². The maximum atomic E-state index is 11.6. The smallest absolute Gasteiger partial charge is 0.279 e. The Morgan fingerprint density at radius 3 is 2.43 bits per heavy atom. The second-order valence-electron chi connectivity index (χ2n) is 3.31. The molecular weight excluding hydrogens is 204 g/mol. The minimum absolute atomic E-state index is 0.112. The van der Waals surface area contributed by atoms with E-state index in [1.807, 2.05) is 0 Å². The Hall–Kier alpha value is -0.660. The molecule has 0 bridgehead atoms. The fourth-order valence-electron chi connectivity index (χ4n) is 1.37. The fraction of sp³-hybridized carbons (Fsp3) is 0.857. The van der Waals surface area contributed by atoms with Gasteiger partial charge in [-0.15, -0.1) is 0 Å². The standard InChI is InChI=1S/C7H16N4O2S/c8-7(9)6-10-14(12,13)11-4-2-1-3-5-11/h10H,1-6H2,(H3,8,9). The molecule has 82 valence electrons. The lowest BCUT2D eigenvalue weighted by atomic mass is 10.2. The van der Waals surface area contributed by atoms with Crippen molar-refractivity contribution in [2.24, 2.45) is 5.73 Å². The summed E-state index contributed by atoms with van der Waals surface area (Å²) in [5.74, 6) is -0.175. The third-order valence-corrected chi connectivity index (χ3v) is 3.65. The van der Waals surface area contributed by atoms with Crippen LogP contribution in [0.3, 0.4) is 0 Å². The molecule has 0 aromatic heterocycles. The molecule has 6 nitrogen and oxygen atoms in total. The summed E-state index contributed by atoms with van der Waals surface area (Å²) in [6.45, 7) is 1.01. The molecule has 4 N–H and O–H groups in total. The highest BCUT2D eigenvalue weighted by molar-refractivity contribution is 7.87. The Labute approximate surface area is 84.2 Å². The maximum absolute atomic E-state index is 11.6. The van der Waals surface area contributed by atoms with Crippen LogP contribution in [0.25, 0.3) is 0 Å². The van der Waals surface area contributed by atoms with Gasteiger partial charge in [-0.1, -0.05) is 6.42 Å². The molecule has 1 aliphatic rings. The lowest BCUT2D eigenvalue weighted by Crippen LogP contribution is -2.45. The van der Waals surface area contributed by atoms with E-state index < -0.39 is 10.2 Å². The highest BCUT2D eigenvalue weighted by Crippen LogP contribution is 2.11. The number of hydrogen-bond acceptors (Lipinski definition) is 3. The van der Waals surface area contributed by atoms with Crippen molar-refractivity contribution >= 4 is 16.0 Å². The monoisotopic (exact) mass is 220 g/mol. The SMILES string of the molecule is N=C(N)CNS(=O)(=O)N1CCCCC1. The van der Waals surface area contributed by atoms with E-state index in [1.54, 1.807) is 0 Å². The van der Waals surface area contributed by atoms with E-state index in [1.165, 1.54) is 4.31 Å². The second kappa shape index (κ2) is 4.72. The van der Waals surface area contributed by atoms with Crippen LogP contribution in [0, 0.1) is 5.41 Å². The van der Waals surface area contributed by atoms with Crippen LogP contribution in [0.1, 0.15) is 19.3 Å². The Morgan fingerprint density at radius 2 is 1.93 bits per heavy atom. The third kappa shape index (κ3) is 3.24. The zero-order chi connectivity index (χ0) is 10.6. The van der Waals surface area contributed by atoms with Crippen molar-refractivity contribution in [3.8, 4) is 0 Å². The molecule has 0 aromatic rings. The molecule has 0 atom stereocenters. The van der Waals surface area contributed by atoms with Crippen molar-refractivity contribution in [2.45, 2.75) is 19.3 Å². The lowest BCUT2D eigenvalue weighted by molar-refractivity contribution is 0.343. The molecule has 1 saturated heterocycles. The molecule has 1 heterocycles. The molecule has 0 radical (unpaired) electrons. The summed E-state index contributed by atoms with van der Waals surface area (Å²) in [6.07, 6.45) is 2.89. The largest absolute Gasteiger partial charge is 0.387 e. The third-order valence-electron chi connectivity index (χ3n) is 2.10. The van der Waals surface area contributed by atoms with Crippen LogP contribution < -0.4 is 10.5 Å². The van der Waals surface area contributed by atoms with Crippen molar-refractivity contribution in [3.05, 3.63) is 0 Å². The number of rotatable bonds is 4. The van der Waals surface area contributed by atoms with Crippen molar-refractivity contribution in [1.29, 1.82) is 5.41 Å². The number of amidine groups is 1. The predicted octanol–water partition coefficient (Wildman–Crippen LogP) is -0.757. The van der Waals surface area contributed by atoms with Gasteiger partial charge in [0.05, 0.1) is 6.54 Å². The molecule has 7 heteroatoms. The average Bonchev–Trinajstić information content (AvgIpc) is 2.16. The molecule has 1 rings (SSSR count). The van der Waals surface area contributed by atoms with Crippen molar-refractivity contribution in [2.75, 3.05) is 19.6 Å². The number of nitrogens with zero attached hydrogens (tertiary/aromatic N) is 1. The summed E-state index contributed by atoms with van der Waals surface area (Å²) < 4.78 is 26.8. The van der Waals surface area contributed by atoms with E-state index in [0.29, 0.717) is 13.1 Å². The van der Waals surface area contributed by atoms with Gasteiger partial charge in [-0.2, -0.15) is 17.4 Å². The molecule has 0 saturated carbocycles. The molecule has 0 unspecified atom stereocenters. The Morgan fingerprint density at radius 1 is 1.36 bits per heavy atom. The zero-order valence-electron chi connectivity index (χ0n) is 7.99. The van der Waals surface area contributed by atoms with Gasteiger partial charge in [-0.3, -0.25) is 5.41 Å². The highest BCUT2D eigenvalue weighted by Gasteiger charge is 2.23. The van der Waals surface area contributed by atoms with Crippen molar-refractivity contribution in [1.82, 2.24) is 9.03 Å². The minimum Gasteiger partial charge on any atom is -0.387 e. The van der Waals surface area contributed by atoms with Crippen LogP contribution in [0.5, 0.6) is 0 Å². The van der Waals surface area contributed by atoms with Crippen molar-refractivity contribution < 1.29 is 8.42 Å². The summed E-state index contributed by atoms with van der Waals surface area (Å²) in [7, 11) is -3.42. The number of piperidine rings is 1. The first-order chi connectivity index (χ1) is 6.52. The Bertz CT molecular complexity index is 295. The first kappa shape index (κ1) is 11.4. The molecule has 0 amide bonds. The first-order valence-electron chi connectivity index (χ1n) is 4.60. The van der Waals surface area contributed by atoms with Gasteiger partial charge in [0.1, 0.15) is 5.84 Å². The van der Waals surface area contributed by atoms with Crippen LogP contribution in [-0.2, 0) is 10.2 Å². The Balaban J connectivity index is 2.50. The summed E-state index contributed by atoms with van der Waals surface area (Å²) in [5, 5.41) is 6.92. The summed E-state index contributed by atoms with van der Waals surface area (Å²) in [5.41, 5.74) is 5.07. The van der Waals surface area contributed by atoms with Gasteiger partial charge in [0.25, 0.3) is 10.2 Å². The molecule has 1 fully saturated rings. The van der Waals surface area contributed by atoms with Gasteiger partial charge >= 0.3 is 0 Å². The molecule has 14 heavy (non-hydrogen) atoms. The second-order valence-corrected chi connectivity index (χ2v) is 5.07. The predicted molar refractivity (Wildman–Crippen MR) is 54.3 cm³/mol. The molecule has 0 spiro atoms.